The van der Waals surface area contributed by atoms with Gasteiger partial charge < -0.3 is 15.6 Å². The van der Waals surface area contributed by atoms with Gasteiger partial charge in [0, 0.05) is 17.8 Å². The Hall–Kier alpha value is -2.21. The van der Waals surface area contributed by atoms with Crippen LogP contribution in [0.25, 0.3) is 0 Å². The van der Waals surface area contributed by atoms with E-state index in [9.17, 15) is 5.11 Å². The van der Waals surface area contributed by atoms with Crippen LogP contribution in [-0.4, -0.2) is 20.1 Å². The normalized spacial score (nSPS) is 12.5. The maximum Gasteiger partial charge on any atom is 0.187 e. The largest absolute Gasteiger partial charge is 0.451 e. The van der Waals surface area contributed by atoms with Crippen molar-refractivity contribution in [3.05, 3.63) is 35.5 Å². The van der Waals surface area contributed by atoms with Gasteiger partial charge >= 0.3 is 0 Å². The quantitative estimate of drug-likeness (QED) is 0.898. The average molecular weight is 288 g/mol. The third-order valence-corrected chi connectivity index (χ3v) is 3.09. The topological polar surface area (TPSA) is 94.2 Å². The van der Waals surface area contributed by atoms with Crippen molar-refractivity contribution >= 4 is 5.82 Å². The van der Waals surface area contributed by atoms with E-state index in [0.29, 0.717) is 23.0 Å². The molecule has 2 aromatic heterocycles. The molecule has 0 aliphatic heterocycles. The number of aliphatic hydroxyl groups is 1. The van der Waals surface area contributed by atoms with Gasteiger partial charge in [0.1, 0.15) is 11.6 Å². The summed E-state index contributed by atoms with van der Waals surface area (Å²) in [6.07, 6.45) is 2.59. The lowest BCUT2D eigenvalue weighted by atomic mass is 10.0. The standard InChI is InChI=1S/C15H20N4O2/c1-8(2)11-6-18-12(9(3)20)5-13(11)21-14-7-17-10(4)19-15(14)16/h5-9,20H,1-4H3,(H2,16,17,19)/t9-/m0/s1. The minimum atomic E-state index is -0.667. The Bertz CT molecular complexity index is 642. The van der Waals surface area contributed by atoms with E-state index in [1.54, 1.807) is 32.3 Å². The Morgan fingerprint density at radius 2 is 1.86 bits per heavy atom. The molecule has 0 spiro atoms. The predicted molar refractivity (Wildman–Crippen MR) is 80.2 cm³/mol. The molecule has 3 N–H and O–H groups in total. The summed E-state index contributed by atoms with van der Waals surface area (Å²) in [5.74, 6) is 2.10. The third-order valence-electron chi connectivity index (χ3n) is 3.09. The first kappa shape index (κ1) is 15.2. The first-order valence-corrected chi connectivity index (χ1v) is 6.83. The minimum absolute atomic E-state index is 0.225. The molecule has 0 amide bonds. The van der Waals surface area contributed by atoms with Gasteiger partial charge in [-0.15, -0.1) is 0 Å². The van der Waals surface area contributed by atoms with Crippen molar-refractivity contribution in [2.75, 3.05) is 5.73 Å². The van der Waals surface area contributed by atoms with Crippen LogP contribution in [0.4, 0.5) is 5.82 Å². The number of pyridine rings is 1. The number of aromatic nitrogens is 3. The zero-order valence-corrected chi connectivity index (χ0v) is 12.7. The summed E-state index contributed by atoms with van der Waals surface area (Å²) < 4.78 is 5.85. The molecule has 0 unspecified atom stereocenters. The third kappa shape index (κ3) is 3.46. The van der Waals surface area contributed by atoms with Gasteiger partial charge in [0.05, 0.1) is 18.0 Å². The van der Waals surface area contributed by atoms with Crippen molar-refractivity contribution in [1.29, 1.82) is 0 Å². The van der Waals surface area contributed by atoms with Crippen molar-refractivity contribution in [3.63, 3.8) is 0 Å². The van der Waals surface area contributed by atoms with Gasteiger partial charge in [-0.1, -0.05) is 13.8 Å². The van der Waals surface area contributed by atoms with Crippen LogP contribution in [0.15, 0.2) is 18.5 Å². The summed E-state index contributed by atoms with van der Waals surface area (Å²) in [7, 11) is 0. The monoisotopic (exact) mass is 288 g/mol. The van der Waals surface area contributed by atoms with Crippen LogP contribution in [0.2, 0.25) is 0 Å². The van der Waals surface area contributed by atoms with Gasteiger partial charge in [-0.25, -0.2) is 9.97 Å². The Labute approximate surface area is 124 Å². The molecule has 0 aliphatic carbocycles. The van der Waals surface area contributed by atoms with Crippen LogP contribution in [-0.2, 0) is 0 Å². The highest BCUT2D eigenvalue weighted by Crippen LogP contribution is 2.33. The van der Waals surface area contributed by atoms with E-state index in [-0.39, 0.29) is 11.7 Å². The number of aliphatic hydroxyl groups excluding tert-OH is 1. The predicted octanol–water partition coefficient (Wildman–Crippen LogP) is 2.73. The van der Waals surface area contributed by atoms with E-state index in [1.807, 2.05) is 13.8 Å². The van der Waals surface area contributed by atoms with E-state index in [2.05, 4.69) is 15.0 Å². The maximum atomic E-state index is 9.67. The van der Waals surface area contributed by atoms with Crippen molar-refractivity contribution < 1.29 is 9.84 Å². The summed E-state index contributed by atoms with van der Waals surface area (Å²) >= 11 is 0. The summed E-state index contributed by atoms with van der Waals surface area (Å²) in [5.41, 5.74) is 7.32. The number of aryl methyl sites for hydroxylation is 1. The van der Waals surface area contributed by atoms with Gasteiger partial charge in [0.2, 0.25) is 0 Å². The van der Waals surface area contributed by atoms with Crippen molar-refractivity contribution in [1.82, 2.24) is 15.0 Å². The fourth-order valence-corrected chi connectivity index (χ4v) is 1.89. The molecule has 6 heteroatoms. The molecule has 0 saturated heterocycles. The van der Waals surface area contributed by atoms with Crippen LogP contribution in [0.1, 0.15) is 49.9 Å². The molecular formula is C15H20N4O2. The minimum Gasteiger partial charge on any atom is -0.451 e. The fraction of sp³-hybridized carbons (Fsp3) is 0.400. The molecule has 6 nitrogen and oxygen atoms in total. The van der Waals surface area contributed by atoms with E-state index >= 15 is 0 Å². The lowest BCUT2D eigenvalue weighted by Gasteiger charge is -2.16. The van der Waals surface area contributed by atoms with Crippen LogP contribution < -0.4 is 10.5 Å². The number of anilines is 1. The Balaban J connectivity index is 2.43. The van der Waals surface area contributed by atoms with Crippen LogP contribution in [0.3, 0.4) is 0 Å². The second kappa shape index (κ2) is 6.05. The van der Waals surface area contributed by atoms with Crippen LogP contribution in [0.5, 0.6) is 11.5 Å². The zero-order chi connectivity index (χ0) is 15.6. The Kier molecular flexibility index (Phi) is 4.37. The smallest absolute Gasteiger partial charge is 0.187 e. The first-order valence-electron chi connectivity index (χ1n) is 6.83. The molecule has 2 heterocycles. The van der Waals surface area contributed by atoms with Crippen LogP contribution in [0, 0.1) is 6.92 Å². The van der Waals surface area contributed by atoms with Crippen molar-refractivity contribution in [3.8, 4) is 11.5 Å². The molecule has 0 aromatic carbocycles. The SMILES string of the molecule is Cc1ncc(Oc2cc([C@H](C)O)ncc2C(C)C)c(N)n1. The molecule has 0 saturated carbocycles. The number of hydrogen-bond donors (Lipinski definition) is 2. The number of rotatable bonds is 4. The molecule has 0 aliphatic rings. The molecule has 21 heavy (non-hydrogen) atoms. The van der Waals surface area contributed by atoms with E-state index in [0.717, 1.165) is 5.56 Å². The molecule has 2 rings (SSSR count). The van der Waals surface area contributed by atoms with E-state index in [4.69, 9.17) is 10.5 Å². The second-order valence-electron chi connectivity index (χ2n) is 5.25. The Morgan fingerprint density at radius 1 is 1.14 bits per heavy atom. The molecule has 112 valence electrons. The van der Waals surface area contributed by atoms with Gasteiger partial charge in [-0.3, -0.25) is 4.98 Å². The highest BCUT2D eigenvalue weighted by Gasteiger charge is 2.15. The van der Waals surface area contributed by atoms with Gasteiger partial charge in [0.25, 0.3) is 0 Å². The molecule has 0 bridgehead atoms. The second-order valence-corrected chi connectivity index (χ2v) is 5.25. The maximum absolute atomic E-state index is 9.67. The summed E-state index contributed by atoms with van der Waals surface area (Å²) in [4.78, 5) is 12.4. The van der Waals surface area contributed by atoms with E-state index in [1.165, 1.54) is 0 Å². The molecule has 0 fully saturated rings. The number of hydrogen-bond acceptors (Lipinski definition) is 6. The van der Waals surface area contributed by atoms with Gasteiger partial charge in [-0.2, -0.15) is 0 Å². The van der Waals surface area contributed by atoms with Crippen molar-refractivity contribution in [2.24, 2.45) is 0 Å². The first-order chi connectivity index (χ1) is 9.88. The van der Waals surface area contributed by atoms with Gasteiger partial charge in [0.15, 0.2) is 11.6 Å². The number of nitrogens with zero attached hydrogens (tertiary/aromatic N) is 3. The fourth-order valence-electron chi connectivity index (χ4n) is 1.89. The van der Waals surface area contributed by atoms with Crippen molar-refractivity contribution in [2.45, 2.75) is 39.7 Å². The number of ether oxygens (including phenoxy) is 1. The number of nitrogens with two attached hydrogens (primary N) is 1. The summed E-state index contributed by atoms with van der Waals surface area (Å²) in [6.45, 7) is 7.50. The van der Waals surface area contributed by atoms with Crippen LogP contribution >= 0.6 is 0 Å². The zero-order valence-electron chi connectivity index (χ0n) is 12.7. The summed E-state index contributed by atoms with van der Waals surface area (Å²) in [5, 5.41) is 9.67. The Morgan fingerprint density at radius 3 is 2.43 bits per heavy atom. The molecule has 0 radical (unpaired) electrons. The lowest BCUT2D eigenvalue weighted by Crippen LogP contribution is -2.03. The van der Waals surface area contributed by atoms with E-state index < -0.39 is 6.10 Å². The highest BCUT2D eigenvalue weighted by molar-refractivity contribution is 5.48. The average Bonchev–Trinajstić information content (AvgIpc) is 2.41. The highest BCUT2D eigenvalue weighted by atomic mass is 16.5. The van der Waals surface area contributed by atoms with Gasteiger partial charge in [-0.05, 0) is 19.8 Å². The summed E-state index contributed by atoms with van der Waals surface area (Å²) in [6, 6.07) is 1.72. The number of nitrogen functional groups attached to an aromatic ring is 1. The lowest BCUT2D eigenvalue weighted by molar-refractivity contribution is 0.194. The molecule has 1 atom stereocenters. The molecular weight excluding hydrogens is 268 g/mol. The molecule has 2 aromatic rings.